The number of carbonyl (C=O) groups excluding carboxylic acids is 2. The van der Waals surface area contributed by atoms with E-state index in [1.807, 2.05) is 0 Å². The molecule has 1 aromatic rings. The van der Waals surface area contributed by atoms with Crippen molar-refractivity contribution in [3.63, 3.8) is 0 Å². The van der Waals surface area contributed by atoms with E-state index in [-0.39, 0.29) is 29.0 Å². The van der Waals surface area contributed by atoms with Crippen molar-refractivity contribution in [1.82, 2.24) is 5.32 Å². The molecule has 0 bridgehead atoms. The van der Waals surface area contributed by atoms with Gasteiger partial charge in [-0.25, -0.2) is 4.39 Å². The summed E-state index contributed by atoms with van der Waals surface area (Å²) in [5, 5.41) is 2.41. The van der Waals surface area contributed by atoms with Crippen LogP contribution in [0.2, 0.25) is 0 Å². The number of imide groups is 1. The Balaban J connectivity index is 2.02. The Bertz CT molecular complexity index is 523. The zero-order valence-corrected chi connectivity index (χ0v) is 11.1. The van der Waals surface area contributed by atoms with Gasteiger partial charge in [0.2, 0.25) is 11.8 Å². The molecule has 3 rings (SSSR count). The van der Waals surface area contributed by atoms with E-state index in [1.165, 1.54) is 12.1 Å². The SMILES string of the molecule is O=C1CC2(CCSC2)C(c2ccc(F)cc2)C(=O)N1. The highest BCUT2D eigenvalue weighted by molar-refractivity contribution is 7.99. The third-order valence-electron chi connectivity index (χ3n) is 3.99. The van der Waals surface area contributed by atoms with Crippen LogP contribution in [0.5, 0.6) is 0 Å². The van der Waals surface area contributed by atoms with Crippen molar-refractivity contribution in [2.45, 2.75) is 18.8 Å². The number of piperidine rings is 1. The summed E-state index contributed by atoms with van der Waals surface area (Å²) in [6, 6.07) is 6.05. The zero-order valence-electron chi connectivity index (χ0n) is 10.3. The Kier molecular flexibility index (Phi) is 3.09. The van der Waals surface area contributed by atoms with Gasteiger partial charge < -0.3 is 0 Å². The summed E-state index contributed by atoms with van der Waals surface area (Å²) in [6.07, 6.45) is 1.24. The molecule has 2 atom stereocenters. The number of carbonyl (C=O) groups is 2. The number of hydrogen-bond donors (Lipinski definition) is 1. The number of hydrogen-bond acceptors (Lipinski definition) is 3. The van der Waals surface area contributed by atoms with Crippen LogP contribution >= 0.6 is 11.8 Å². The molecule has 0 aliphatic carbocycles. The van der Waals surface area contributed by atoms with Crippen LogP contribution in [-0.2, 0) is 9.59 Å². The first-order valence-electron chi connectivity index (χ1n) is 6.28. The lowest BCUT2D eigenvalue weighted by Crippen LogP contribution is -2.50. The molecule has 19 heavy (non-hydrogen) atoms. The van der Waals surface area contributed by atoms with Gasteiger partial charge in [0.25, 0.3) is 0 Å². The molecule has 2 aliphatic heterocycles. The topological polar surface area (TPSA) is 46.2 Å². The molecule has 100 valence electrons. The van der Waals surface area contributed by atoms with Gasteiger partial charge in [-0.1, -0.05) is 12.1 Å². The van der Waals surface area contributed by atoms with Crippen molar-refractivity contribution in [3.05, 3.63) is 35.6 Å². The molecule has 0 saturated carbocycles. The van der Waals surface area contributed by atoms with Crippen molar-refractivity contribution in [1.29, 1.82) is 0 Å². The smallest absolute Gasteiger partial charge is 0.234 e. The third-order valence-corrected chi connectivity index (χ3v) is 5.26. The molecule has 3 nitrogen and oxygen atoms in total. The van der Waals surface area contributed by atoms with Gasteiger partial charge in [-0.3, -0.25) is 14.9 Å². The van der Waals surface area contributed by atoms with Gasteiger partial charge in [-0.2, -0.15) is 11.8 Å². The Morgan fingerprint density at radius 3 is 2.63 bits per heavy atom. The van der Waals surface area contributed by atoms with Crippen LogP contribution in [0.3, 0.4) is 0 Å². The fraction of sp³-hybridized carbons (Fsp3) is 0.429. The first-order valence-corrected chi connectivity index (χ1v) is 7.43. The molecule has 2 unspecified atom stereocenters. The van der Waals surface area contributed by atoms with Crippen molar-refractivity contribution in [2.24, 2.45) is 5.41 Å². The second kappa shape index (κ2) is 4.63. The maximum atomic E-state index is 13.0. The van der Waals surface area contributed by atoms with E-state index < -0.39 is 0 Å². The molecule has 0 aromatic heterocycles. The molecule has 2 aliphatic rings. The predicted octanol–water partition coefficient (Wildman–Crippen LogP) is 2.08. The second-order valence-electron chi connectivity index (χ2n) is 5.24. The maximum Gasteiger partial charge on any atom is 0.234 e. The van der Waals surface area contributed by atoms with Gasteiger partial charge in [0.05, 0.1) is 5.92 Å². The molecule has 2 amide bonds. The van der Waals surface area contributed by atoms with E-state index >= 15 is 0 Å². The summed E-state index contributed by atoms with van der Waals surface area (Å²) in [4.78, 5) is 23.9. The Hall–Kier alpha value is -1.36. The van der Waals surface area contributed by atoms with Gasteiger partial charge in [-0.15, -0.1) is 0 Å². The van der Waals surface area contributed by atoms with E-state index in [0.717, 1.165) is 23.5 Å². The van der Waals surface area contributed by atoms with E-state index in [1.54, 1.807) is 23.9 Å². The predicted molar refractivity (Wildman–Crippen MR) is 71.3 cm³/mol. The number of amides is 2. The maximum absolute atomic E-state index is 13.0. The Morgan fingerprint density at radius 2 is 2.00 bits per heavy atom. The average molecular weight is 279 g/mol. The molecule has 2 fully saturated rings. The summed E-state index contributed by atoms with van der Waals surface area (Å²) in [5.74, 6) is 0.690. The molecular weight excluding hydrogens is 265 g/mol. The Morgan fingerprint density at radius 1 is 1.26 bits per heavy atom. The highest BCUT2D eigenvalue weighted by atomic mass is 32.2. The van der Waals surface area contributed by atoms with E-state index in [9.17, 15) is 14.0 Å². The third kappa shape index (κ3) is 2.16. The zero-order chi connectivity index (χ0) is 13.5. The molecule has 5 heteroatoms. The number of nitrogens with one attached hydrogen (secondary N) is 1. The molecule has 2 heterocycles. The second-order valence-corrected chi connectivity index (χ2v) is 6.34. The Labute approximate surface area is 115 Å². The first kappa shape index (κ1) is 12.7. The van der Waals surface area contributed by atoms with Gasteiger partial charge in [0, 0.05) is 17.6 Å². The monoisotopic (exact) mass is 279 g/mol. The molecule has 1 aromatic carbocycles. The average Bonchev–Trinajstić information content (AvgIpc) is 2.79. The lowest BCUT2D eigenvalue weighted by Gasteiger charge is -2.39. The number of rotatable bonds is 1. The quantitative estimate of drug-likeness (QED) is 0.801. The molecular formula is C14H14FNO2S. The van der Waals surface area contributed by atoms with Crippen molar-refractivity contribution < 1.29 is 14.0 Å². The largest absolute Gasteiger partial charge is 0.296 e. The van der Waals surface area contributed by atoms with E-state index in [2.05, 4.69) is 5.32 Å². The lowest BCUT2D eigenvalue weighted by molar-refractivity contribution is -0.139. The van der Waals surface area contributed by atoms with Crippen molar-refractivity contribution >= 4 is 23.6 Å². The molecule has 2 saturated heterocycles. The van der Waals surface area contributed by atoms with E-state index in [0.29, 0.717) is 6.42 Å². The van der Waals surface area contributed by atoms with Gasteiger partial charge in [0.1, 0.15) is 5.82 Å². The molecule has 1 spiro atoms. The van der Waals surface area contributed by atoms with Crippen molar-refractivity contribution in [3.8, 4) is 0 Å². The summed E-state index contributed by atoms with van der Waals surface area (Å²) in [6.45, 7) is 0. The summed E-state index contributed by atoms with van der Waals surface area (Å²) in [5.41, 5.74) is 0.510. The van der Waals surface area contributed by atoms with E-state index in [4.69, 9.17) is 0 Å². The first-order chi connectivity index (χ1) is 9.11. The number of halogens is 1. The van der Waals surface area contributed by atoms with Crippen LogP contribution in [0.4, 0.5) is 4.39 Å². The molecule has 0 radical (unpaired) electrons. The van der Waals surface area contributed by atoms with Crippen molar-refractivity contribution in [2.75, 3.05) is 11.5 Å². The van der Waals surface area contributed by atoms with Crippen LogP contribution in [-0.4, -0.2) is 23.3 Å². The minimum atomic E-state index is -0.346. The molecule has 1 N–H and O–H groups in total. The summed E-state index contributed by atoms with van der Waals surface area (Å²) >= 11 is 1.78. The lowest BCUT2D eigenvalue weighted by atomic mass is 9.67. The fourth-order valence-corrected chi connectivity index (χ4v) is 4.62. The highest BCUT2D eigenvalue weighted by Gasteiger charge is 2.50. The highest BCUT2D eigenvalue weighted by Crippen LogP contribution is 2.51. The summed E-state index contributed by atoms with van der Waals surface area (Å²) < 4.78 is 13.0. The van der Waals surface area contributed by atoms with Crippen LogP contribution in [0.25, 0.3) is 0 Å². The van der Waals surface area contributed by atoms with Crippen LogP contribution in [0.15, 0.2) is 24.3 Å². The number of thioether (sulfide) groups is 1. The van der Waals surface area contributed by atoms with Gasteiger partial charge in [-0.05, 0) is 29.9 Å². The minimum absolute atomic E-state index is 0.189. The van der Waals surface area contributed by atoms with Crippen LogP contribution in [0, 0.1) is 11.2 Å². The van der Waals surface area contributed by atoms with Crippen LogP contribution < -0.4 is 5.32 Å². The fourth-order valence-electron chi connectivity index (χ4n) is 3.10. The normalized spacial score (nSPS) is 30.7. The van der Waals surface area contributed by atoms with Gasteiger partial charge >= 0.3 is 0 Å². The van der Waals surface area contributed by atoms with Crippen LogP contribution in [0.1, 0.15) is 24.3 Å². The number of benzene rings is 1. The summed E-state index contributed by atoms with van der Waals surface area (Å²) in [7, 11) is 0. The van der Waals surface area contributed by atoms with Gasteiger partial charge in [0.15, 0.2) is 0 Å². The standard InChI is InChI=1S/C14H14FNO2S/c15-10-3-1-9(2-4-10)12-13(18)16-11(17)7-14(12)5-6-19-8-14/h1-4,12H,5-8H2,(H,16,17,18). The minimum Gasteiger partial charge on any atom is -0.296 e.